The molecule has 0 atom stereocenters. The molecule has 0 amide bonds. The van der Waals surface area contributed by atoms with Gasteiger partial charge in [-0.25, -0.2) is 0 Å². The highest BCUT2D eigenvalue weighted by Gasteiger charge is 2.09. The molecule has 1 fully saturated rings. The fourth-order valence-corrected chi connectivity index (χ4v) is 2.47. The van der Waals surface area contributed by atoms with Crippen LogP contribution in [-0.4, -0.2) is 44.4 Å². The Morgan fingerprint density at radius 2 is 1.74 bits per heavy atom. The van der Waals surface area contributed by atoms with E-state index in [9.17, 15) is 0 Å². The third-order valence-electron chi connectivity index (χ3n) is 3.44. The first kappa shape index (κ1) is 14.4. The molecular formula is C16H25NO2. The first-order valence-electron chi connectivity index (χ1n) is 7.25. The summed E-state index contributed by atoms with van der Waals surface area (Å²) in [5.74, 6) is 1.00. The molecule has 1 aromatic carbocycles. The van der Waals surface area contributed by atoms with Crippen molar-refractivity contribution in [1.82, 2.24) is 4.90 Å². The van der Waals surface area contributed by atoms with Crippen molar-refractivity contribution in [3.8, 4) is 5.75 Å². The summed E-state index contributed by atoms with van der Waals surface area (Å²) in [6, 6.07) is 6.38. The van der Waals surface area contributed by atoms with Crippen LogP contribution in [0.5, 0.6) is 5.75 Å². The minimum atomic E-state index is 0.813. The van der Waals surface area contributed by atoms with Gasteiger partial charge in [-0.05, 0) is 56.5 Å². The first-order chi connectivity index (χ1) is 9.24. The quantitative estimate of drug-likeness (QED) is 0.737. The molecule has 106 valence electrons. The molecule has 0 aromatic heterocycles. The van der Waals surface area contributed by atoms with E-state index in [4.69, 9.17) is 9.47 Å². The van der Waals surface area contributed by atoms with Crippen molar-refractivity contribution >= 4 is 0 Å². The van der Waals surface area contributed by atoms with Gasteiger partial charge in [0.25, 0.3) is 0 Å². The highest BCUT2D eigenvalue weighted by molar-refractivity contribution is 5.32. The van der Waals surface area contributed by atoms with Crippen LogP contribution in [0.2, 0.25) is 0 Å². The maximum absolute atomic E-state index is 5.81. The summed E-state index contributed by atoms with van der Waals surface area (Å²) < 4.78 is 11.2. The predicted molar refractivity (Wildman–Crippen MR) is 77.9 cm³/mol. The molecule has 0 bridgehead atoms. The van der Waals surface area contributed by atoms with Gasteiger partial charge in [-0.15, -0.1) is 0 Å². The molecule has 0 aliphatic carbocycles. The molecule has 0 saturated carbocycles. The molecule has 0 radical (unpaired) electrons. The minimum absolute atomic E-state index is 0.813. The zero-order valence-corrected chi connectivity index (χ0v) is 12.2. The summed E-state index contributed by atoms with van der Waals surface area (Å²) in [5.41, 5.74) is 2.53. The van der Waals surface area contributed by atoms with Gasteiger partial charge in [-0.1, -0.05) is 6.07 Å². The van der Waals surface area contributed by atoms with Gasteiger partial charge >= 0.3 is 0 Å². The normalized spacial score (nSPS) is 16.5. The smallest absolute Gasteiger partial charge is 0.119 e. The van der Waals surface area contributed by atoms with Crippen LogP contribution in [-0.2, 0) is 4.74 Å². The summed E-state index contributed by atoms with van der Waals surface area (Å²) in [6.45, 7) is 10.1. The molecule has 3 heteroatoms. The Balaban J connectivity index is 1.60. The topological polar surface area (TPSA) is 21.7 Å². The molecule has 1 aliphatic heterocycles. The second kappa shape index (κ2) is 7.51. The van der Waals surface area contributed by atoms with Crippen molar-refractivity contribution in [2.75, 3.05) is 39.5 Å². The number of ether oxygens (including phenoxy) is 2. The molecular weight excluding hydrogens is 238 g/mol. The lowest BCUT2D eigenvalue weighted by Crippen LogP contribution is -2.36. The minimum Gasteiger partial charge on any atom is -0.494 e. The molecule has 1 aliphatic rings. The number of hydrogen-bond acceptors (Lipinski definition) is 3. The summed E-state index contributed by atoms with van der Waals surface area (Å²) in [7, 11) is 0. The van der Waals surface area contributed by atoms with Crippen molar-refractivity contribution in [2.45, 2.75) is 26.7 Å². The fraction of sp³-hybridized carbons (Fsp3) is 0.625. The zero-order valence-electron chi connectivity index (χ0n) is 12.2. The lowest BCUT2D eigenvalue weighted by molar-refractivity contribution is 0.0368. The summed E-state index contributed by atoms with van der Waals surface area (Å²) in [6.07, 6.45) is 2.31. The van der Waals surface area contributed by atoms with Crippen LogP contribution < -0.4 is 4.74 Å². The molecule has 0 N–H and O–H groups in total. The van der Waals surface area contributed by atoms with E-state index >= 15 is 0 Å². The number of nitrogens with zero attached hydrogens (tertiary/aromatic N) is 1. The number of unbranched alkanes of at least 4 members (excludes halogenated alkanes) is 1. The Bertz CT molecular complexity index is 366. The third-order valence-corrected chi connectivity index (χ3v) is 3.44. The third kappa shape index (κ3) is 5.21. The number of aryl methyl sites for hydroxylation is 2. The van der Waals surface area contributed by atoms with Crippen molar-refractivity contribution < 1.29 is 9.47 Å². The van der Waals surface area contributed by atoms with Gasteiger partial charge in [0.1, 0.15) is 5.75 Å². The van der Waals surface area contributed by atoms with E-state index in [1.807, 2.05) is 0 Å². The van der Waals surface area contributed by atoms with Crippen LogP contribution >= 0.6 is 0 Å². The Hall–Kier alpha value is -1.06. The van der Waals surface area contributed by atoms with Crippen LogP contribution in [0, 0.1) is 13.8 Å². The van der Waals surface area contributed by atoms with E-state index in [1.54, 1.807) is 0 Å². The Kier molecular flexibility index (Phi) is 5.67. The number of rotatable bonds is 6. The van der Waals surface area contributed by atoms with Gasteiger partial charge in [0, 0.05) is 13.1 Å². The van der Waals surface area contributed by atoms with Crippen LogP contribution in [0.1, 0.15) is 24.0 Å². The summed E-state index contributed by atoms with van der Waals surface area (Å²) in [4.78, 5) is 2.47. The van der Waals surface area contributed by atoms with Crippen LogP contribution in [0.3, 0.4) is 0 Å². The van der Waals surface area contributed by atoms with E-state index in [0.717, 1.165) is 45.1 Å². The molecule has 1 heterocycles. The second-order valence-corrected chi connectivity index (χ2v) is 5.33. The van der Waals surface area contributed by atoms with Crippen LogP contribution in [0.4, 0.5) is 0 Å². The standard InChI is InChI=1S/C16H25NO2/c1-14-11-15(2)13-16(12-14)19-8-4-3-5-17-6-9-18-10-7-17/h11-13H,3-10H2,1-2H3. The monoisotopic (exact) mass is 263 g/mol. The lowest BCUT2D eigenvalue weighted by Gasteiger charge is -2.26. The van der Waals surface area contributed by atoms with E-state index < -0.39 is 0 Å². The highest BCUT2D eigenvalue weighted by atomic mass is 16.5. The molecule has 1 saturated heterocycles. The lowest BCUT2D eigenvalue weighted by atomic mass is 10.1. The van der Waals surface area contributed by atoms with Gasteiger partial charge in [0.2, 0.25) is 0 Å². The van der Waals surface area contributed by atoms with Crippen molar-refractivity contribution in [1.29, 1.82) is 0 Å². The average Bonchev–Trinajstić information content (AvgIpc) is 2.38. The summed E-state index contributed by atoms with van der Waals surface area (Å²) in [5, 5.41) is 0. The molecule has 19 heavy (non-hydrogen) atoms. The van der Waals surface area contributed by atoms with Crippen LogP contribution in [0.25, 0.3) is 0 Å². The van der Waals surface area contributed by atoms with Gasteiger partial charge < -0.3 is 9.47 Å². The molecule has 3 nitrogen and oxygen atoms in total. The second-order valence-electron chi connectivity index (χ2n) is 5.33. The Morgan fingerprint density at radius 1 is 1.05 bits per heavy atom. The average molecular weight is 263 g/mol. The fourth-order valence-electron chi connectivity index (χ4n) is 2.47. The maximum atomic E-state index is 5.81. The van der Waals surface area contributed by atoms with E-state index in [2.05, 4.69) is 36.9 Å². The molecule has 1 aromatic rings. The van der Waals surface area contributed by atoms with Gasteiger partial charge in [0.15, 0.2) is 0 Å². The Morgan fingerprint density at radius 3 is 2.42 bits per heavy atom. The van der Waals surface area contributed by atoms with Crippen molar-refractivity contribution in [3.63, 3.8) is 0 Å². The zero-order chi connectivity index (χ0) is 13.5. The maximum Gasteiger partial charge on any atom is 0.119 e. The van der Waals surface area contributed by atoms with Crippen LogP contribution in [0.15, 0.2) is 18.2 Å². The van der Waals surface area contributed by atoms with Crippen molar-refractivity contribution in [3.05, 3.63) is 29.3 Å². The predicted octanol–water partition coefficient (Wildman–Crippen LogP) is 2.79. The summed E-state index contributed by atoms with van der Waals surface area (Å²) >= 11 is 0. The number of morpholine rings is 1. The first-order valence-corrected chi connectivity index (χ1v) is 7.25. The molecule has 0 unspecified atom stereocenters. The largest absolute Gasteiger partial charge is 0.494 e. The SMILES string of the molecule is Cc1cc(C)cc(OCCCCN2CCOCC2)c1. The van der Waals surface area contributed by atoms with E-state index in [1.165, 1.54) is 24.1 Å². The van der Waals surface area contributed by atoms with Gasteiger partial charge in [0.05, 0.1) is 19.8 Å². The van der Waals surface area contributed by atoms with E-state index in [0.29, 0.717) is 0 Å². The molecule has 0 spiro atoms. The molecule has 2 rings (SSSR count). The Labute approximate surface area is 116 Å². The number of benzene rings is 1. The van der Waals surface area contributed by atoms with Gasteiger partial charge in [-0.3, -0.25) is 4.90 Å². The van der Waals surface area contributed by atoms with Gasteiger partial charge in [-0.2, -0.15) is 0 Å². The number of hydrogen-bond donors (Lipinski definition) is 0. The van der Waals surface area contributed by atoms with E-state index in [-0.39, 0.29) is 0 Å². The highest BCUT2D eigenvalue weighted by Crippen LogP contribution is 2.16. The van der Waals surface area contributed by atoms with Crippen molar-refractivity contribution in [2.24, 2.45) is 0 Å².